The Hall–Kier alpha value is -2.24. The number of likely N-dealkylation sites (N-methyl/N-ethyl adjacent to an activating group) is 2. The minimum Gasteiger partial charge on any atom is -0.445 e. The molecule has 2 amide bonds. The number of nitrogen functional groups attached to an aromatic ring is 1. The zero-order chi connectivity index (χ0) is 17.6. The summed E-state index contributed by atoms with van der Waals surface area (Å²) >= 11 is 0. The molecule has 0 heterocycles. The van der Waals surface area contributed by atoms with Crippen molar-refractivity contribution >= 4 is 17.7 Å². The molecule has 0 saturated heterocycles. The summed E-state index contributed by atoms with van der Waals surface area (Å²) in [5.41, 5.74) is 8.36. The molecule has 6 heteroatoms. The summed E-state index contributed by atoms with van der Waals surface area (Å²) < 4.78 is 5.25. The zero-order valence-corrected chi connectivity index (χ0v) is 14.6. The third-order valence-electron chi connectivity index (χ3n) is 3.66. The lowest BCUT2D eigenvalue weighted by Gasteiger charge is -2.23. The molecule has 1 aromatic rings. The van der Waals surface area contributed by atoms with E-state index in [1.54, 1.807) is 25.1 Å². The van der Waals surface area contributed by atoms with Gasteiger partial charge in [-0.15, -0.1) is 0 Å². The molecule has 2 N–H and O–H groups in total. The van der Waals surface area contributed by atoms with Crippen LogP contribution >= 0.6 is 0 Å². The van der Waals surface area contributed by atoms with E-state index in [0.717, 1.165) is 11.1 Å². The van der Waals surface area contributed by atoms with Crippen LogP contribution in [0.15, 0.2) is 18.2 Å². The van der Waals surface area contributed by atoms with Crippen LogP contribution in [0.5, 0.6) is 0 Å². The average Bonchev–Trinajstić information content (AvgIpc) is 2.51. The molecule has 0 fully saturated rings. The van der Waals surface area contributed by atoms with Crippen LogP contribution in [0.3, 0.4) is 0 Å². The number of hydrogen-bond donors (Lipinski definition) is 1. The lowest BCUT2D eigenvalue weighted by molar-refractivity contribution is -0.133. The number of aryl methyl sites for hydroxylation is 1. The Bertz CT molecular complexity index is 558. The molecule has 0 saturated carbocycles. The van der Waals surface area contributed by atoms with Crippen molar-refractivity contribution in [3.8, 4) is 0 Å². The molecule has 0 aromatic heterocycles. The van der Waals surface area contributed by atoms with Crippen LogP contribution in [-0.2, 0) is 16.1 Å². The number of nitrogens with zero attached hydrogens (tertiary/aromatic N) is 2. The summed E-state index contributed by atoms with van der Waals surface area (Å²) in [5.74, 6) is 0.00570. The predicted octanol–water partition coefficient (Wildman–Crippen LogP) is 2.26. The summed E-state index contributed by atoms with van der Waals surface area (Å²) in [6, 6.07) is 5.58. The molecule has 0 spiro atoms. The lowest BCUT2D eigenvalue weighted by atomic mass is 10.1. The van der Waals surface area contributed by atoms with Crippen LogP contribution in [0, 0.1) is 12.8 Å². The fourth-order valence-electron chi connectivity index (χ4n) is 1.98. The zero-order valence-electron chi connectivity index (χ0n) is 14.6. The first kappa shape index (κ1) is 18.8. The fraction of sp³-hybridized carbons (Fsp3) is 0.529. The quantitative estimate of drug-likeness (QED) is 0.815. The SMILES string of the molecule is Cc1ccc(COC(=O)N(C)CCN(C)C(=O)C(C)C)cc1N. The molecule has 23 heavy (non-hydrogen) atoms. The molecular formula is C17H27N3O3. The topological polar surface area (TPSA) is 75.9 Å². The summed E-state index contributed by atoms with van der Waals surface area (Å²) in [7, 11) is 3.39. The molecule has 0 unspecified atom stereocenters. The van der Waals surface area contributed by atoms with Crippen LogP contribution in [-0.4, -0.2) is 49.0 Å². The van der Waals surface area contributed by atoms with Gasteiger partial charge in [-0.3, -0.25) is 4.79 Å². The summed E-state index contributed by atoms with van der Waals surface area (Å²) in [6.45, 7) is 6.69. The van der Waals surface area contributed by atoms with E-state index in [1.807, 2.05) is 32.9 Å². The summed E-state index contributed by atoms with van der Waals surface area (Å²) in [4.78, 5) is 26.8. The Kier molecular flexibility index (Phi) is 6.88. The first-order valence-corrected chi connectivity index (χ1v) is 7.70. The van der Waals surface area contributed by atoms with E-state index in [2.05, 4.69) is 0 Å². The number of carbonyl (C=O) groups excluding carboxylic acids is 2. The smallest absolute Gasteiger partial charge is 0.409 e. The third kappa shape index (κ3) is 5.81. The highest BCUT2D eigenvalue weighted by Crippen LogP contribution is 2.13. The van der Waals surface area contributed by atoms with E-state index < -0.39 is 6.09 Å². The molecule has 1 rings (SSSR count). The Morgan fingerprint density at radius 1 is 1.17 bits per heavy atom. The molecular weight excluding hydrogens is 294 g/mol. The number of anilines is 1. The van der Waals surface area contributed by atoms with Gasteiger partial charge in [-0.05, 0) is 24.1 Å². The normalized spacial score (nSPS) is 10.5. The standard InChI is InChI=1S/C17H27N3O3/c1-12(2)16(21)19(4)8-9-20(5)17(22)23-11-14-7-6-13(3)15(18)10-14/h6-7,10,12H,8-9,11,18H2,1-5H3. The van der Waals surface area contributed by atoms with Crippen LogP contribution in [0.1, 0.15) is 25.0 Å². The monoisotopic (exact) mass is 321 g/mol. The first-order valence-electron chi connectivity index (χ1n) is 7.70. The van der Waals surface area contributed by atoms with E-state index in [1.165, 1.54) is 4.90 Å². The molecule has 0 radical (unpaired) electrons. The van der Waals surface area contributed by atoms with Crippen molar-refractivity contribution in [2.24, 2.45) is 5.92 Å². The maximum absolute atomic E-state index is 12.0. The first-order chi connectivity index (χ1) is 10.7. The number of carbonyl (C=O) groups is 2. The second-order valence-electron chi connectivity index (χ2n) is 6.08. The average molecular weight is 321 g/mol. The molecule has 0 aliphatic heterocycles. The van der Waals surface area contributed by atoms with E-state index in [4.69, 9.17) is 10.5 Å². The van der Waals surface area contributed by atoms with Crippen molar-refractivity contribution in [3.05, 3.63) is 29.3 Å². The number of rotatable bonds is 6. The van der Waals surface area contributed by atoms with E-state index in [-0.39, 0.29) is 18.4 Å². The van der Waals surface area contributed by atoms with Crippen molar-refractivity contribution in [2.75, 3.05) is 32.9 Å². The maximum atomic E-state index is 12.0. The van der Waals surface area contributed by atoms with Crippen molar-refractivity contribution in [1.29, 1.82) is 0 Å². The van der Waals surface area contributed by atoms with Gasteiger partial charge in [0.05, 0.1) is 0 Å². The van der Waals surface area contributed by atoms with Crippen molar-refractivity contribution in [3.63, 3.8) is 0 Å². The summed E-state index contributed by atoms with van der Waals surface area (Å²) in [6.07, 6.45) is -0.422. The maximum Gasteiger partial charge on any atom is 0.409 e. The lowest BCUT2D eigenvalue weighted by Crippen LogP contribution is -2.39. The van der Waals surface area contributed by atoms with Crippen LogP contribution < -0.4 is 5.73 Å². The molecule has 0 bridgehead atoms. The highest BCUT2D eigenvalue weighted by Gasteiger charge is 2.15. The van der Waals surface area contributed by atoms with Crippen LogP contribution in [0.25, 0.3) is 0 Å². The van der Waals surface area contributed by atoms with Gasteiger partial charge in [-0.25, -0.2) is 4.79 Å². The van der Waals surface area contributed by atoms with Crippen LogP contribution in [0.4, 0.5) is 10.5 Å². The van der Waals surface area contributed by atoms with Gasteiger partial charge < -0.3 is 20.3 Å². The number of benzene rings is 1. The molecule has 0 aliphatic rings. The number of nitrogens with two attached hydrogens (primary N) is 1. The van der Waals surface area contributed by atoms with E-state index in [9.17, 15) is 9.59 Å². The van der Waals surface area contributed by atoms with E-state index >= 15 is 0 Å². The third-order valence-corrected chi connectivity index (χ3v) is 3.66. The van der Waals surface area contributed by atoms with Crippen molar-refractivity contribution in [1.82, 2.24) is 9.80 Å². The van der Waals surface area contributed by atoms with Crippen molar-refractivity contribution < 1.29 is 14.3 Å². The minimum absolute atomic E-state index is 0.0516. The van der Waals surface area contributed by atoms with Gasteiger partial charge in [-0.1, -0.05) is 26.0 Å². The number of amides is 2. The van der Waals surface area contributed by atoms with Gasteiger partial charge in [0.15, 0.2) is 0 Å². The molecule has 0 aliphatic carbocycles. The van der Waals surface area contributed by atoms with Gasteiger partial charge in [-0.2, -0.15) is 0 Å². The predicted molar refractivity (Wildman–Crippen MR) is 90.9 cm³/mol. The van der Waals surface area contributed by atoms with Crippen molar-refractivity contribution in [2.45, 2.75) is 27.4 Å². The molecule has 1 aromatic carbocycles. The Labute approximate surface area is 138 Å². The van der Waals surface area contributed by atoms with Gasteiger partial charge in [0.25, 0.3) is 0 Å². The molecule has 128 valence electrons. The van der Waals surface area contributed by atoms with Gasteiger partial charge >= 0.3 is 6.09 Å². The Balaban J connectivity index is 2.42. The highest BCUT2D eigenvalue weighted by molar-refractivity contribution is 5.77. The summed E-state index contributed by atoms with van der Waals surface area (Å²) in [5, 5.41) is 0. The Morgan fingerprint density at radius 2 is 1.78 bits per heavy atom. The molecule has 6 nitrogen and oxygen atoms in total. The van der Waals surface area contributed by atoms with Gasteiger partial charge in [0.2, 0.25) is 5.91 Å². The van der Waals surface area contributed by atoms with Crippen LogP contribution in [0.2, 0.25) is 0 Å². The Morgan fingerprint density at radius 3 is 2.35 bits per heavy atom. The van der Waals surface area contributed by atoms with Gasteiger partial charge in [0.1, 0.15) is 6.61 Å². The largest absolute Gasteiger partial charge is 0.445 e. The van der Waals surface area contributed by atoms with Gasteiger partial charge in [0, 0.05) is 38.8 Å². The second-order valence-corrected chi connectivity index (χ2v) is 6.08. The molecule has 0 atom stereocenters. The number of ether oxygens (including phenoxy) is 1. The minimum atomic E-state index is -0.422. The number of hydrogen-bond acceptors (Lipinski definition) is 4. The highest BCUT2D eigenvalue weighted by atomic mass is 16.6. The second kappa shape index (κ2) is 8.41. The fourth-order valence-corrected chi connectivity index (χ4v) is 1.98. The van der Waals surface area contributed by atoms with E-state index in [0.29, 0.717) is 18.8 Å².